The van der Waals surface area contributed by atoms with Gasteiger partial charge < -0.3 is 4.74 Å². The van der Waals surface area contributed by atoms with Crippen molar-refractivity contribution in [2.75, 3.05) is 0 Å². The van der Waals surface area contributed by atoms with Crippen LogP contribution in [0.5, 0.6) is 5.06 Å². The van der Waals surface area contributed by atoms with Crippen molar-refractivity contribution in [1.82, 2.24) is 0 Å². The molecule has 2 nitrogen and oxygen atoms in total. The SMILES string of the molecule is O=COc1cccs1. The third kappa shape index (κ3) is 1.07. The Morgan fingerprint density at radius 1 is 1.75 bits per heavy atom. The van der Waals surface area contributed by atoms with Gasteiger partial charge in [-0.2, -0.15) is 0 Å². The van der Waals surface area contributed by atoms with E-state index in [9.17, 15) is 4.79 Å². The molecule has 1 aromatic heterocycles. The van der Waals surface area contributed by atoms with Gasteiger partial charge in [-0.3, -0.25) is 4.79 Å². The van der Waals surface area contributed by atoms with E-state index in [2.05, 4.69) is 4.74 Å². The van der Waals surface area contributed by atoms with Crippen LogP contribution in [0.2, 0.25) is 0 Å². The van der Waals surface area contributed by atoms with Crippen LogP contribution >= 0.6 is 11.3 Å². The molecule has 3 heteroatoms. The lowest BCUT2D eigenvalue weighted by Gasteiger charge is -1.84. The fourth-order valence-corrected chi connectivity index (χ4v) is 0.921. The lowest BCUT2D eigenvalue weighted by molar-refractivity contribution is -0.120. The monoisotopic (exact) mass is 128 g/mol. The summed E-state index contributed by atoms with van der Waals surface area (Å²) in [5, 5.41) is 2.48. The van der Waals surface area contributed by atoms with E-state index in [1.807, 2.05) is 11.4 Å². The molecule has 0 bridgehead atoms. The van der Waals surface area contributed by atoms with Gasteiger partial charge in [0.05, 0.1) is 0 Å². The summed E-state index contributed by atoms with van der Waals surface area (Å²) < 4.78 is 4.48. The standard InChI is InChI=1S/C5H4O2S/c6-4-7-5-2-1-3-8-5/h1-4H. The summed E-state index contributed by atoms with van der Waals surface area (Å²) in [6.45, 7) is 0.422. The lowest BCUT2D eigenvalue weighted by Crippen LogP contribution is -1.82. The quantitative estimate of drug-likeness (QED) is 0.561. The van der Waals surface area contributed by atoms with Gasteiger partial charge in [-0.1, -0.05) is 0 Å². The van der Waals surface area contributed by atoms with Gasteiger partial charge in [0.15, 0.2) is 5.06 Å². The summed E-state index contributed by atoms with van der Waals surface area (Å²) in [6, 6.07) is 3.56. The van der Waals surface area contributed by atoms with Gasteiger partial charge in [-0.15, -0.1) is 11.3 Å². The van der Waals surface area contributed by atoms with Crippen LogP contribution in [0.4, 0.5) is 0 Å². The Hall–Kier alpha value is -0.830. The molecule has 0 radical (unpaired) electrons. The molecule has 0 amide bonds. The molecule has 1 heterocycles. The maximum absolute atomic E-state index is 9.66. The highest BCUT2D eigenvalue weighted by atomic mass is 32.1. The van der Waals surface area contributed by atoms with Crippen LogP contribution in [0, 0.1) is 0 Å². The summed E-state index contributed by atoms with van der Waals surface area (Å²) in [5.74, 6) is 0. The van der Waals surface area contributed by atoms with Crippen LogP contribution in [0.15, 0.2) is 17.5 Å². The lowest BCUT2D eigenvalue weighted by atomic mass is 10.7. The molecule has 0 aromatic carbocycles. The van der Waals surface area contributed by atoms with E-state index in [-0.39, 0.29) is 0 Å². The van der Waals surface area contributed by atoms with E-state index in [1.165, 1.54) is 11.3 Å². The van der Waals surface area contributed by atoms with Crippen LogP contribution in [0.1, 0.15) is 0 Å². The van der Waals surface area contributed by atoms with Gasteiger partial charge in [-0.25, -0.2) is 0 Å². The zero-order valence-corrected chi connectivity index (χ0v) is 4.85. The molecule has 42 valence electrons. The average Bonchev–Trinajstić information content (AvgIpc) is 2.19. The zero-order chi connectivity index (χ0) is 5.82. The fraction of sp³-hybridized carbons (Fsp3) is 0. The van der Waals surface area contributed by atoms with Gasteiger partial charge in [0, 0.05) is 0 Å². The Labute approximate surface area is 50.7 Å². The first-order chi connectivity index (χ1) is 3.93. The third-order valence-electron chi connectivity index (χ3n) is 0.659. The Bertz CT molecular complexity index is 157. The molecule has 0 atom stereocenters. The number of rotatable bonds is 2. The zero-order valence-electron chi connectivity index (χ0n) is 4.03. The van der Waals surface area contributed by atoms with Crippen molar-refractivity contribution in [3.63, 3.8) is 0 Å². The van der Waals surface area contributed by atoms with Crippen LogP contribution < -0.4 is 4.74 Å². The van der Waals surface area contributed by atoms with Crippen molar-refractivity contribution in [3.05, 3.63) is 17.5 Å². The number of thiophene rings is 1. The van der Waals surface area contributed by atoms with Crippen molar-refractivity contribution in [1.29, 1.82) is 0 Å². The fourth-order valence-electron chi connectivity index (χ4n) is 0.378. The second-order valence-electron chi connectivity index (χ2n) is 1.15. The Morgan fingerprint density at radius 3 is 3.12 bits per heavy atom. The first-order valence-electron chi connectivity index (χ1n) is 2.07. The Kier molecular flexibility index (Phi) is 1.64. The molecule has 0 aliphatic heterocycles. The van der Waals surface area contributed by atoms with E-state index >= 15 is 0 Å². The van der Waals surface area contributed by atoms with Crippen molar-refractivity contribution in [3.8, 4) is 5.06 Å². The first-order valence-corrected chi connectivity index (χ1v) is 2.95. The molecule has 1 aromatic rings. The molecule has 0 N–H and O–H groups in total. The number of carbonyl (C=O) groups is 1. The highest BCUT2D eigenvalue weighted by Gasteiger charge is 1.87. The minimum Gasteiger partial charge on any atom is -0.418 e. The van der Waals surface area contributed by atoms with Gasteiger partial charge >= 0.3 is 0 Å². The molecule has 1 rings (SSSR count). The van der Waals surface area contributed by atoms with Crippen molar-refractivity contribution < 1.29 is 9.53 Å². The smallest absolute Gasteiger partial charge is 0.299 e. The maximum Gasteiger partial charge on any atom is 0.299 e. The highest BCUT2D eigenvalue weighted by molar-refractivity contribution is 7.11. The predicted molar refractivity (Wildman–Crippen MR) is 31.0 cm³/mol. The molecule has 0 unspecified atom stereocenters. The van der Waals surface area contributed by atoms with Crippen molar-refractivity contribution >= 4 is 17.8 Å². The van der Waals surface area contributed by atoms with Crippen LogP contribution in [-0.4, -0.2) is 6.47 Å². The topological polar surface area (TPSA) is 26.3 Å². The summed E-state index contributed by atoms with van der Waals surface area (Å²) >= 11 is 1.39. The number of hydrogen-bond donors (Lipinski definition) is 0. The maximum atomic E-state index is 9.66. The highest BCUT2D eigenvalue weighted by Crippen LogP contribution is 2.16. The largest absolute Gasteiger partial charge is 0.418 e. The van der Waals surface area contributed by atoms with E-state index in [0.717, 1.165) is 0 Å². The Morgan fingerprint density at radius 2 is 2.62 bits per heavy atom. The normalized spacial score (nSPS) is 8.50. The average molecular weight is 128 g/mol. The third-order valence-corrected chi connectivity index (χ3v) is 1.42. The van der Waals surface area contributed by atoms with Gasteiger partial charge in [0.1, 0.15) is 0 Å². The van der Waals surface area contributed by atoms with Crippen LogP contribution in [-0.2, 0) is 4.79 Å². The Balaban J connectivity index is 2.62. The second kappa shape index (κ2) is 2.47. The number of carbonyl (C=O) groups excluding carboxylic acids is 1. The minimum absolute atomic E-state index is 0.422. The summed E-state index contributed by atoms with van der Waals surface area (Å²) in [4.78, 5) is 9.66. The molecular weight excluding hydrogens is 124 g/mol. The summed E-state index contributed by atoms with van der Waals surface area (Å²) in [7, 11) is 0. The molecule has 0 saturated heterocycles. The number of hydrogen-bond acceptors (Lipinski definition) is 3. The van der Waals surface area contributed by atoms with Gasteiger partial charge in [0.25, 0.3) is 6.47 Å². The minimum atomic E-state index is 0.422. The molecule has 0 fully saturated rings. The van der Waals surface area contributed by atoms with Crippen molar-refractivity contribution in [2.24, 2.45) is 0 Å². The van der Waals surface area contributed by atoms with Crippen LogP contribution in [0.3, 0.4) is 0 Å². The van der Waals surface area contributed by atoms with Gasteiger partial charge in [0.2, 0.25) is 0 Å². The van der Waals surface area contributed by atoms with E-state index in [1.54, 1.807) is 6.07 Å². The molecule has 0 saturated carbocycles. The van der Waals surface area contributed by atoms with E-state index in [4.69, 9.17) is 0 Å². The molecule has 0 aliphatic carbocycles. The molecule has 8 heavy (non-hydrogen) atoms. The van der Waals surface area contributed by atoms with E-state index < -0.39 is 0 Å². The molecule has 0 spiro atoms. The summed E-state index contributed by atoms with van der Waals surface area (Å²) in [5.41, 5.74) is 0. The van der Waals surface area contributed by atoms with Crippen molar-refractivity contribution in [2.45, 2.75) is 0 Å². The number of ether oxygens (including phenoxy) is 1. The first kappa shape index (κ1) is 5.31. The van der Waals surface area contributed by atoms with E-state index in [0.29, 0.717) is 11.5 Å². The summed E-state index contributed by atoms with van der Waals surface area (Å²) in [6.07, 6.45) is 0. The molecule has 0 aliphatic rings. The molecular formula is C5H4O2S. The predicted octanol–water partition coefficient (Wildman–Crippen LogP) is 1.28. The van der Waals surface area contributed by atoms with Crippen LogP contribution in [0.25, 0.3) is 0 Å². The van der Waals surface area contributed by atoms with Gasteiger partial charge in [-0.05, 0) is 17.5 Å². The second-order valence-corrected chi connectivity index (χ2v) is 2.06.